The van der Waals surface area contributed by atoms with E-state index in [0.29, 0.717) is 12.2 Å². The Morgan fingerprint density at radius 3 is 2.88 bits per heavy atom. The first-order chi connectivity index (χ1) is 7.61. The molecule has 0 aromatic heterocycles. The molecule has 0 unspecified atom stereocenters. The Kier molecular flexibility index (Phi) is 2.80. The standard InChI is InChI=1S/C11H8ClFN2O/c12-9-3-8(1-2-10(9)13)15-5-7(4-14)11(16)6-15/h1-3,7H,5-6H2/t7-/m0/s1. The molecular formula is C11H8ClFN2O. The molecule has 0 saturated carbocycles. The second-order valence-electron chi connectivity index (χ2n) is 3.63. The van der Waals surface area contributed by atoms with Crippen molar-refractivity contribution in [3.63, 3.8) is 0 Å². The Bertz CT molecular complexity index is 483. The van der Waals surface area contributed by atoms with Crippen LogP contribution >= 0.6 is 11.6 Å². The van der Waals surface area contributed by atoms with Crippen LogP contribution in [-0.4, -0.2) is 18.9 Å². The summed E-state index contributed by atoms with van der Waals surface area (Å²) in [6.07, 6.45) is 0. The van der Waals surface area contributed by atoms with Crippen LogP contribution in [0.25, 0.3) is 0 Å². The molecule has 16 heavy (non-hydrogen) atoms. The van der Waals surface area contributed by atoms with Gasteiger partial charge in [-0.05, 0) is 18.2 Å². The lowest BCUT2D eigenvalue weighted by molar-refractivity contribution is -0.118. The fourth-order valence-corrected chi connectivity index (χ4v) is 1.85. The number of anilines is 1. The Morgan fingerprint density at radius 1 is 1.56 bits per heavy atom. The van der Waals surface area contributed by atoms with Gasteiger partial charge in [-0.3, -0.25) is 4.79 Å². The molecule has 1 aromatic carbocycles. The molecule has 1 aliphatic rings. The van der Waals surface area contributed by atoms with E-state index in [1.165, 1.54) is 12.1 Å². The lowest BCUT2D eigenvalue weighted by atomic mass is 10.1. The van der Waals surface area contributed by atoms with Crippen molar-refractivity contribution in [2.45, 2.75) is 0 Å². The fraction of sp³-hybridized carbons (Fsp3) is 0.273. The molecule has 1 fully saturated rings. The second-order valence-corrected chi connectivity index (χ2v) is 4.03. The van der Waals surface area contributed by atoms with Gasteiger partial charge in [-0.2, -0.15) is 5.26 Å². The molecule has 0 spiro atoms. The average molecular weight is 239 g/mol. The third-order valence-corrected chi connectivity index (χ3v) is 2.85. The third kappa shape index (κ3) is 1.86. The van der Waals surface area contributed by atoms with Gasteiger partial charge in [0, 0.05) is 12.2 Å². The van der Waals surface area contributed by atoms with Gasteiger partial charge in [0.25, 0.3) is 0 Å². The zero-order valence-electron chi connectivity index (χ0n) is 8.28. The number of carbonyl (C=O) groups is 1. The van der Waals surface area contributed by atoms with E-state index in [4.69, 9.17) is 16.9 Å². The Balaban J connectivity index is 2.24. The number of ketones is 1. The van der Waals surface area contributed by atoms with E-state index in [1.807, 2.05) is 6.07 Å². The maximum Gasteiger partial charge on any atom is 0.170 e. The number of halogens is 2. The van der Waals surface area contributed by atoms with Crippen molar-refractivity contribution < 1.29 is 9.18 Å². The molecular weight excluding hydrogens is 231 g/mol. The van der Waals surface area contributed by atoms with Crippen molar-refractivity contribution >= 4 is 23.1 Å². The maximum absolute atomic E-state index is 12.9. The van der Waals surface area contributed by atoms with E-state index in [-0.39, 0.29) is 17.4 Å². The van der Waals surface area contributed by atoms with E-state index >= 15 is 0 Å². The highest BCUT2D eigenvalue weighted by Crippen LogP contribution is 2.26. The Labute approximate surface area is 97.0 Å². The largest absolute Gasteiger partial charge is 0.362 e. The molecule has 82 valence electrons. The van der Waals surface area contributed by atoms with Gasteiger partial charge in [-0.1, -0.05) is 11.6 Å². The quantitative estimate of drug-likeness (QED) is 0.752. The minimum Gasteiger partial charge on any atom is -0.362 e. The summed E-state index contributed by atoms with van der Waals surface area (Å²) in [6.45, 7) is 0.525. The molecule has 1 saturated heterocycles. The topological polar surface area (TPSA) is 44.1 Å². The van der Waals surface area contributed by atoms with Gasteiger partial charge in [0.05, 0.1) is 17.6 Å². The molecule has 1 atom stereocenters. The summed E-state index contributed by atoms with van der Waals surface area (Å²) < 4.78 is 12.9. The van der Waals surface area contributed by atoms with Gasteiger partial charge in [0.2, 0.25) is 0 Å². The lowest BCUT2D eigenvalue weighted by Gasteiger charge is -2.16. The first-order valence-corrected chi connectivity index (χ1v) is 5.12. The SMILES string of the molecule is N#C[C@H]1CN(c2ccc(F)c(Cl)c2)CC1=O. The highest BCUT2D eigenvalue weighted by Gasteiger charge is 2.30. The smallest absolute Gasteiger partial charge is 0.170 e. The van der Waals surface area contributed by atoms with Crippen molar-refractivity contribution in [3.8, 4) is 6.07 Å². The van der Waals surface area contributed by atoms with Crippen LogP contribution in [0.2, 0.25) is 5.02 Å². The van der Waals surface area contributed by atoms with Gasteiger partial charge >= 0.3 is 0 Å². The number of nitriles is 1. The summed E-state index contributed by atoms with van der Waals surface area (Å²) in [7, 11) is 0. The van der Waals surface area contributed by atoms with Gasteiger partial charge in [-0.15, -0.1) is 0 Å². The number of hydrogen-bond acceptors (Lipinski definition) is 3. The van der Waals surface area contributed by atoms with Crippen LogP contribution in [0.4, 0.5) is 10.1 Å². The normalized spacial score (nSPS) is 19.9. The van der Waals surface area contributed by atoms with E-state index in [0.717, 1.165) is 0 Å². The minimum atomic E-state index is -0.594. The second kappa shape index (κ2) is 4.11. The van der Waals surface area contributed by atoms with Crippen molar-refractivity contribution in [1.82, 2.24) is 0 Å². The molecule has 3 nitrogen and oxygen atoms in total. The van der Waals surface area contributed by atoms with E-state index in [1.54, 1.807) is 11.0 Å². The van der Waals surface area contributed by atoms with Gasteiger partial charge in [0.1, 0.15) is 11.7 Å². The zero-order chi connectivity index (χ0) is 11.7. The number of hydrogen-bond donors (Lipinski definition) is 0. The van der Waals surface area contributed by atoms with Crippen LogP contribution in [0.1, 0.15) is 0 Å². The van der Waals surface area contributed by atoms with E-state index in [2.05, 4.69) is 0 Å². The van der Waals surface area contributed by atoms with Crippen LogP contribution in [-0.2, 0) is 4.79 Å². The predicted molar refractivity (Wildman–Crippen MR) is 57.7 cm³/mol. The molecule has 1 heterocycles. The van der Waals surface area contributed by atoms with Crippen LogP contribution in [0.3, 0.4) is 0 Å². The molecule has 2 rings (SSSR count). The third-order valence-electron chi connectivity index (χ3n) is 2.56. The van der Waals surface area contributed by atoms with E-state index < -0.39 is 11.7 Å². The van der Waals surface area contributed by atoms with Crippen LogP contribution in [0.5, 0.6) is 0 Å². The molecule has 5 heteroatoms. The molecule has 1 aromatic rings. The number of benzene rings is 1. The maximum atomic E-state index is 12.9. The number of carbonyl (C=O) groups excluding carboxylic acids is 1. The van der Waals surface area contributed by atoms with Crippen LogP contribution in [0, 0.1) is 23.1 Å². The molecule has 0 aliphatic carbocycles. The summed E-state index contributed by atoms with van der Waals surface area (Å²) in [5.74, 6) is -1.19. The van der Waals surface area contributed by atoms with Crippen molar-refractivity contribution in [2.75, 3.05) is 18.0 Å². The van der Waals surface area contributed by atoms with E-state index in [9.17, 15) is 9.18 Å². The molecule has 0 bridgehead atoms. The summed E-state index contributed by atoms with van der Waals surface area (Å²) in [4.78, 5) is 13.1. The Hall–Kier alpha value is -1.60. The summed E-state index contributed by atoms with van der Waals surface area (Å²) in [5.41, 5.74) is 0.664. The van der Waals surface area contributed by atoms with Gasteiger partial charge < -0.3 is 4.90 Å². The molecule has 0 amide bonds. The molecule has 0 radical (unpaired) electrons. The zero-order valence-corrected chi connectivity index (χ0v) is 9.04. The average Bonchev–Trinajstić information content (AvgIpc) is 2.64. The number of rotatable bonds is 1. The van der Waals surface area contributed by atoms with Crippen LogP contribution < -0.4 is 4.90 Å². The number of Topliss-reactive ketones (excluding diaryl/α,β-unsaturated/α-hetero) is 1. The van der Waals surface area contributed by atoms with Crippen molar-refractivity contribution in [2.24, 2.45) is 5.92 Å². The summed E-state index contributed by atoms with van der Waals surface area (Å²) >= 11 is 5.65. The predicted octanol–water partition coefficient (Wildman–Crippen LogP) is 2.01. The highest BCUT2D eigenvalue weighted by atomic mass is 35.5. The van der Waals surface area contributed by atoms with Crippen molar-refractivity contribution in [1.29, 1.82) is 5.26 Å². The highest BCUT2D eigenvalue weighted by molar-refractivity contribution is 6.31. The van der Waals surface area contributed by atoms with Gasteiger partial charge in [-0.25, -0.2) is 4.39 Å². The fourth-order valence-electron chi connectivity index (χ4n) is 1.68. The molecule has 0 N–H and O–H groups in total. The first kappa shape index (κ1) is 10.9. The Morgan fingerprint density at radius 2 is 2.31 bits per heavy atom. The monoisotopic (exact) mass is 238 g/mol. The molecule has 1 aliphatic heterocycles. The first-order valence-electron chi connectivity index (χ1n) is 4.74. The van der Waals surface area contributed by atoms with Crippen LogP contribution in [0.15, 0.2) is 18.2 Å². The summed E-state index contributed by atoms with van der Waals surface area (Å²) in [6, 6.07) is 6.21. The van der Waals surface area contributed by atoms with Crippen molar-refractivity contribution in [3.05, 3.63) is 29.0 Å². The minimum absolute atomic E-state index is 0.0188. The lowest BCUT2D eigenvalue weighted by Crippen LogP contribution is -2.19. The number of nitrogens with zero attached hydrogens (tertiary/aromatic N) is 2. The van der Waals surface area contributed by atoms with Gasteiger partial charge in [0.15, 0.2) is 5.78 Å². The summed E-state index contributed by atoms with van der Waals surface area (Å²) in [5, 5.41) is 8.74.